The molecule has 1 aromatic rings. The largest absolute Gasteiger partial charge is 0.466 e. The van der Waals surface area contributed by atoms with Crippen molar-refractivity contribution < 1.29 is 9.21 Å². The first-order valence-electron chi connectivity index (χ1n) is 8.83. The Morgan fingerprint density at radius 3 is 2.18 bits per heavy atom. The van der Waals surface area contributed by atoms with E-state index in [1.165, 1.54) is 38.5 Å². The van der Waals surface area contributed by atoms with Gasteiger partial charge in [0, 0.05) is 6.04 Å². The Morgan fingerprint density at radius 2 is 1.73 bits per heavy atom. The van der Waals surface area contributed by atoms with Crippen molar-refractivity contribution in [2.24, 2.45) is 23.2 Å². The molecule has 1 N–H and O–H groups in total. The minimum absolute atomic E-state index is 0.0394. The summed E-state index contributed by atoms with van der Waals surface area (Å²) < 4.78 is 5.51. The molecule has 1 amide bonds. The maximum Gasteiger partial charge on any atom is 0.255 e. The topological polar surface area (TPSA) is 42.2 Å². The van der Waals surface area contributed by atoms with Crippen molar-refractivity contribution in [3.63, 3.8) is 0 Å². The Kier molecular flexibility index (Phi) is 3.18. The van der Waals surface area contributed by atoms with Crippen molar-refractivity contribution in [3.8, 4) is 0 Å². The van der Waals surface area contributed by atoms with Crippen LogP contribution < -0.4 is 5.32 Å². The van der Waals surface area contributed by atoms with Crippen LogP contribution in [0.2, 0.25) is 0 Å². The maximum atomic E-state index is 12.6. The van der Waals surface area contributed by atoms with Crippen LogP contribution in [-0.2, 0) is 0 Å². The highest BCUT2D eigenvalue weighted by Gasteiger charge is 2.53. The predicted molar refractivity (Wildman–Crippen MR) is 85.7 cm³/mol. The van der Waals surface area contributed by atoms with Crippen LogP contribution in [0, 0.1) is 37.0 Å². The van der Waals surface area contributed by atoms with Gasteiger partial charge in [0.1, 0.15) is 11.5 Å². The van der Waals surface area contributed by atoms with Crippen LogP contribution in [-0.4, -0.2) is 11.9 Å². The average molecular weight is 301 g/mol. The summed E-state index contributed by atoms with van der Waals surface area (Å²) >= 11 is 0. The monoisotopic (exact) mass is 301 g/mol. The van der Waals surface area contributed by atoms with Gasteiger partial charge in [-0.25, -0.2) is 0 Å². The fourth-order valence-corrected chi connectivity index (χ4v) is 5.99. The molecule has 0 saturated heterocycles. The second-order valence-electron chi connectivity index (χ2n) is 8.30. The number of hydrogen-bond acceptors (Lipinski definition) is 2. The van der Waals surface area contributed by atoms with Gasteiger partial charge in [-0.1, -0.05) is 0 Å². The van der Waals surface area contributed by atoms with E-state index in [-0.39, 0.29) is 11.9 Å². The van der Waals surface area contributed by atoms with Gasteiger partial charge in [-0.2, -0.15) is 0 Å². The third-order valence-electron chi connectivity index (χ3n) is 6.64. The SMILES string of the molecule is Cc1cc(C(=O)NC(C)C23CC4CC(CC(C4)C2)C3)c(C)o1. The third kappa shape index (κ3) is 2.21. The van der Waals surface area contributed by atoms with E-state index in [0.29, 0.717) is 11.0 Å². The molecule has 3 nitrogen and oxygen atoms in total. The lowest BCUT2D eigenvalue weighted by atomic mass is 9.48. The van der Waals surface area contributed by atoms with Gasteiger partial charge in [0.05, 0.1) is 5.56 Å². The quantitative estimate of drug-likeness (QED) is 0.907. The van der Waals surface area contributed by atoms with E-state index in [1.54, 1.807) is 0 Å². The molecule has 4 aliphatic carbocycles. The molecule has 0 aromatic carbocycles. The van der Waals surface area contributed by atoms with E-state index < -0.39 is 0 Å². The molecule has 1 aromatic heterocycles. The zero-order valence-corrected chi connectivity index (χ0v) is 13.9. The summed E-state index contributed by atoms with van der Waals surface area (Å²) in [5.41, 5.74) is 1.06. The van der Waals surface area contributed by atoms with Crippen LogP contribution in [0.4, 0.5) is 0 Å². The number of nitrogens with one attached hydrogen (secondary N) is 1. The number of hydrogen-bond donors (Lipinski definition) is 1. The van der Waals surface area contributed by atoms with Gasteiger partial charge in [-0.3, -0.25) is 4.79 Å². The fourth-order valence-electron chi connectivity index (χ4n) is 5.99. The summed E-state index contributed by atoms with van der Waals surface area (Å²) in [6.45, 7) is 6.00. The number of furan rings is 1. The highest BCUT2D eigenvalue weighted by atomic mass is 16.3. The van der Waals surface area contributed by atoms with Gasteiger partial charge in [0.2, 0.25) is 0 Å². The van der Waals surface area contributed by atoms with Gasteiger partial charge in [0.25, 0.3) is 5.91 Å². The normalized spacial score (nSPS) is 37.3. The van der Waals surface area contributed by atoms with Crippen molar-refractivity contribution in [2.75, 3.05) is 0 Å². The molecule has 120 valence electrons. The molecule has 0 spiro atoms. The van der Waals surface area contributed by atoms with Crippen LogP contribution in [0.15, 0.2) is 10.5 Å². The molecule has 4 saturated carbocycles. The van der Waals surface area contributed by atoms with E-state index in [2.05, 4.69) is 12.2 Å². The molecular weight excluding hydrogens is 274 g/mol. The molecule has 0 radical (unpaired) electrons. The molecule has 4 aliphatic rings. The molecule has 1 atom stereocenters. The van der Waals surface area contributed by atoms with Gasteiger partial charge in [0.15, 0.2) is 0 Å². The van der Waals surface area contributed by atoms with Gasteiger partial charge < -0.3 is 9.73 Å². The van der Waals surface area contributed by atoms with Gasteiger partial charge >= 0.3 is 0 Å². The second kappa shape index (κ2) is 4.87. The molecule has 4 bridgehead atoms. The predicted octanol–water partition coefficient (Wildman–Crippen LogP) is 4.23. The molecular formula is C19H27NO2. The van der Waals surface area contributed by atoms with Crippen molar-refractivity contribution in [2.45, 2.75) is 65.3 Å². The van der Waals surface area contributed by atoms with Crippen molar-refractivity contribution in [1.82, 2.24) is 5.32 Å². The number of rotatable bonds is 3. The lowest BCUT2D eigenvalue weighted by Gasteiger charge is -2.59. The molecule has 0 aliphatic heterocycles. The minimum atomic E-state index is 0.0394. The minimum Gasteiger partial charge on any atom is -0.466 e. The lowest BCUT2D eigenvalue weighted by molar-refractivity contribution is -0.0688. The summed E-state index contributed by atoms with van der Waals surface area (Å²) in [7, 11) is 0. The number of carbonyl (C=O) groups is 1. The molecule has 5 rings (SSSR count). The van der Waals surface area contributed by atoms with E-state index in [4.69, 9.17) is 4.42 Å². The van der Waals surface area contributed by atoms with Crippen LogP contribution in [0.1, 0.15) is 67.3 Å². The zero-order chi connectivity index (χ0) is 15.5. The van der Waals surface area contributed by atoms with Gasteiger partial charge in [-0.15, -0.1) is 0 Å². The van der Waals surface area contributed by atoms with E-state index in [9.17, 15) is 4.79 Å². The van der Waals surface area contributed by atoms with E-state index in [0.717, 1.165) is 29.3 Å². The number of carbonyl (C=O) groups excluding carboxylic acids is 1. The van der Waals surface area contributed by atoms with Crippen molar-refractivity contribution in [1.29, 1.82) is 0 Å². The maximum absolute atomic E-state index is 12.6. The van der Waals surface area contributed by atoms with Crippen molar-refractivity contribution in [3.05, 3.63) is 23.2 Å². The Morgan fingerprint density at radius 1 is 1.18 bits per heavy atom. The molecule has 22 heavy (non-hydrogen) atoms. The molecule has 1 unspecified atom stereocenters. The molecule has 4 fully saturated rings. The smallest absolute Gasteiger partial charge is 0.255 e. The average Bonchev–Trinajstić information content (AvgIpc) is 2.76. The zero-order valence-electron chi connectivity index (χ0n) is 13.9. The van der Waals surface area contributed by atoms with Crippen LogP contribution in [0.3, 0.4) is 0 Å². The summed E-state index contributed by atoms with van der Waals surface area (Å²) in [6.07, 6.45) is 8.30. The summed E-state index contributed by atoms with van der Waals surface area (Å²) in [5.74, 6) is 4.34. The van der Waals surface area contributed by atoms with Crippen molar-refractivity contribution >= 4 is 5.91 Å². The third-order valence-corrected chi connectivity index (χ3v) is 6.64. The summed E-state index contributed by atoms with van der Waals surface area (Å²) in [5, 5.41) is 3.31. The first kappa shape index (κ1) is 14.3. The van der Waals surface area contributed by atoms with Crippen LogP contribution in [0.25, 0.3) is 0 Å². The highest BCUT2D eigenvalue weighted by Crippen LogP contribution is 2.61. The van der Waals surface area contributed by atoms with E-state index >= 15 is 0 Å². The number of aryl methyl sites for hydroxylation is 2. The second-order valence-corrected chi connectivity index (χ2v) is 8.30. The fraction of sp³-hybridized carbons (Fsp3) is 0.737. The molecule has 3 heteroatoms. The summed E-state index contributed by atoms with van der Waals surface area (Å²) in [6, 6.07) is 2.12. The first-order chi connectivity index (χ1) is 10.4. The van der Waals surface area contributed by atoms with Crippen LogP contribution >= 0.6 is 0 Å². The standard InChI is InChI=1S/C19H27NO2/c1-11-4-17(12(2)22-11)18(21)20-13(3)19-8-14-5-15(9-19)7-16(6-14)10-19/h4,13-16H,5-10H2,1-3H3,(H,20,21). The highest BCUT2D eigenvalue weighted by molar-refractivity contribution is 5.95. The summed E-state index contributed by atoms with van der Waals surface area (Å²) in [4.78, 5) is 12.6. The Bertz CT molecular complexity index is 565. The Labute approximate surface area is 132 Å². The van der Waals surface area contributed by atoms with Gasteiger partial charge in [-0.05, 0) is 88.5 Å². The first-order valence-corrected chi connectivity index (χ1v) is 8.83. The Balaban J connectivity index is 1.51. The van der Waals surface area contributed by atoms with Crippen LogP contribution in [0.5, 0.6) is 0 Å². The lowest BCUT2D eigenvalue weighted by Crippen LogP contribution is -2.55. The number of amides is 1. The van der Waals surface area contributed by atoms with E-state index in [1.807, 2.05) is 19.9 Å². The molecule has 1 heterocycles. The Hall–Kier alpha value is -1.25.